The number of anilines is 1. The summed E-state index contributed by atoms with van der Waals surface area (Å²) in [5.74, 6) is -3.12. The lowest BCUT2D eigenvalue weighted by atomic mass is 9.96. The highest BCUT2D eigenvalue weighted by atomic mass is 32.2. The van der Waals surface area contributed by atoms with E-state index >= 15 is 0 Å². The molecule has 2 aromatic carbocycles. The Labute approximate surface area is 222 Å². The Bertz CT molecular complexity index is 1750. The van der Waals surface area contributed by atoms with E-state index in [1.165, 1.54) is 35.7 Å². The van der Waals surface area contributed by atoms with Crippen molar-refractivity contribution in [2.45, 2.75) is 11.1 Å². The number of nitrogens with one attached hydrogen (secondary N) is 1. The minimum absolute atomic E-state index is 0.115. The topological polar surface area (TPSA) is 127 Å². The van der Waals surface area contributed by atoms with Crippen LogP contribution in [0.4, 0.5) is 22.7 Å². The lowest BCUT2D eigenvalue weighted by Crippen LogP contribution is -2.21. The standard InChI is InChI=1S/C22H16FN5O2S2.C2HF3O2/c1-28-13-15(12-26-28)20-11-16(23)2-4-19(20)21-18-5-3-17(10-14(18)6-7-24-21)32(29,30)27-22-25-8-9-31-22;3-2(4,5)1(6)7/h2-13H,1H3,(H,25,27);(H,6,7). The first kappa shape index (κ1) is 27.7. The minimum Gasteiger partial charge on any atom is -0.475 e. The number of halogens is 4. The predicted octanol–water partition coefficient (Wildman–Crippen LogP) is 5.33. The Morgan fingerprint density at radius 3 is 2.41 bits per heavy atom. The number of carboxylic acid groups (broad SMARTS) is 1. The van der Waals surface area contributed by atoms with Crippen molar-refractivity contribution in [2.75, 3.05) is 4.72 Å². The second kappa shape index (κ2) is 10.8. The van der Waals surface area contributed by atoms with E-state index in [0.29, 0.717) is 21.8 Å². The molecule has 0 unspecified atom stereocenters. The number of aliphatic carboxylic acids is 1. The van der Waals surface area contributed by atoms with Gasteiger partial charge in [0.25, 0.3) is 10.0 Å². The third-order valence-electron chi connectivity index (χ3n) is 5.20. The number of aryl methyl sites for hydroxylation is 1. The van der Waals surface area contributed by atoms with Crippen LogP contribution in [0.25, 0.3) is 33.2 Å². The van der Waals surface area contributed by atoms with Gasteiger partial charge >= 0.3 is 12.1 Å². The molecule has 9 nitrogen and oxygen atoms in total. The molecule has 15 heteroatoms. The molecule has 0 radical (unpaired) electrons. The molecule has 0 saturated heterocycles. The maximum Gasteiger partial charge on any atom is 0.490 e. The van der Waals surface area contributed by atoms with E-state index in [0.717, 1.165) is 16.5 Å². The van der Waals surface area contributed by atoms with Gasteiger partial charge in [-0.25, -0.2) is 22.6 Å². The van der Waals surface area contributed by atoms with Crippen molar-refractivity contribution in [1.29, 1.82) is 0 Å². The number of pyridine rings is 1. The number of aromatic nitrogens is 4. The summed E-state index contributed by atoms with van der Waals surface area (Å²) in [6, 6.07) is 11.1. The van der Waals surface area contributed by atoms with Crippen LogP contribution in [0.5, 0.6) is 0 Å². The number of thiazole rings is 1. The van der Waals surface area contributed by atoms with Crippen molar-refractivity contribution in [3.8, 4) is 22.4 Å². The Morgan fingerprint density at radius 1 is 1.05 bits per heavy atom. The van der Waals surface area contributed by atoms with Crippen LogP contribution in [0.2, 0.25) is 0 Å². The van der Waals surface area contributed by atoms with Crippen LogP contribution in [-0.2, 0) is 21.9 Å². The van der Waals surface area contributed by atoms with Gasteiger partial charge in [-0.1, -0.05) is 6.07 Å². The number of hydrogen-bond acceptors (Lipinski definition) is 7. The number of fused-ring (bicyclic) bond motifs is 1. The zero-order valence-electron chi connectivity index (χ0n) is 19.7. The van der Waals surface area contributed by atoms with Gasteiger partial charge in [-0.05, 0) is 47.3 Å². The van der Waals surface area contributed by atoms with Crippen LogP contribution in [0.1, 0.15) is 0 Å². The van der Waals surface area contributed by atoms with Gasteiger partial charge in [-0.2, -0.15) is 18.3 Å². The zero-order valence-corrected chi connectivity index (χ0v) is 21.4. The first-order valence-electron chi connectivity index (χ1n) is 10.8. The van der Waals surface area contributed by atoms with E-state index in [9.17, 15) is 26.0 Å². The molecule has 5 aromatic rings. The highest BCUT2D eigenvalue weighted by molar-refractivity contribution is 7.93. The molecule has 2 N–H and O–H groups in total. The van der Waals surface area contributed by atoms with E-state index in [1.807, 2.05) is 0 Å². The van der Waals surface area contributed by atoms with Crippen molar-refractivity contribution in [3.05, 3.63) is 78.4 Å². The fourth-order valence-corrected chi connectivity index (χ4v) is 5.33. The van der Waals surface area contributed by atoms with Crippen molar-refractivity contribution < 1.29 is 35.9 Å². The van der Waals surface area contributed by atoms with Gasteiger partial charge in [0.1, 0.15) is 5.82 Å². The smallest absolute Gasteiger partial charge is 0.475 e. The number of hydrogen-bond donors (Lipinski definition) is 2. The Kier molecular flexibility index (Phi) is 7.65. The highest BCUT2D eigenvalue weighted by Gasteiger charge is 2.38. The molecule has 0 bridgehead atoms. The van der Waals surface area contributed by atoms with Crippen molar-refractivity contribution >= 4 is 43.2 Å². The average Bonchev–Trinajstić information content (AvgIpc) is 3.54. The van der Waals surface area contributed by atoms with Gasteiger partial charge in [0.2, 0.25) is 0 Å². The third kappa shape index (κ3) is 6.38. The number of nitrogens with zero attached hydrogens (tertiary/aromatic N) is 4. The molecule has 39 heavy (non-hydrogen) atoms. The molecule has 3 aromatic heterocycles. The van der Waals surface area contributed by atoms with Crippen LogP contribution in [0, 0.1) is 5.82 Å². The zero-order chi connectivity index (χ0) is 28.4. The van der Waals surface area contributed by atoms with Crippen LogP contribution in [0.15, 0.2) is 77.5 Å². The SMILES string of the molecule is Cn1cc(-c2cc(F)ccc2-c2nccc3cc(S(=O)(=O)Nc4nccs4)ccc23)cn1.O=C(O)C(F)(F)F. The molecule has 5 rings (SSSR count). The summed E-state index contributed by atoms with van der Waals surface area (Å²) >= 11 is 1.20. The van der Waals surface area contributed by atoms with Crippen LogP contribution < -0.4 is 4.72 Å². The monoisotopic (exact) mass is 579 g/mol. The van der Waals surface area contributed by atoms with E-state index in [1.54, 1.807) is 60.0 Å². The van der Waals surface area contributed by atoms with E-state index in [2.05, 4.69) is 19.8 Å². The summed E-state index contributed by atoms with van der Waals surface area (Å²) in [6.07, 6.45) is 1.53. The fourth-order valence-electron chi connectivity index (χ4n) is 3.51. The average molecular weight is 580 g/mol. The molecular formula is C24H17F4N5O4S2. The molecule has 3 heterocycles. The van der Waals surface area contributed by atoms with Gasteiger partial charge in [-0.3, -0.25) is 14.4 Å². The lowest BCUT2D eigenvalue weighted by Gasteiger charge is -2.12. The van der Waals surface area contributed by atoms with E-state index in [-0.39, 0.29) is 10.7 Å². The lowest BCUT2D eigenvalue weighted by molar-refractivity contribution is -0.192. The molecule has 202 valence electrons. The molecule has 0 aliphatic heterocycles. The molecule has 0 atom stereocenters. The number of carboxylic acids is 1. The van der Waals surface area contributed by atoms with Gasteiger partial charge in [0.15, 0.2) is 5.13 Å². The Balaban J connectivity index is 0.000000448. The second-order valence-corrected chi connectivity index (χ2v) is 10.5. The molecule has 0 aliphatic rings. The van der Waals surface area contributed by atoms with Crippen molar-refractivity contribution in [2.24, 2.45) is 7.05 Å². The molecule has 0 aliphatic carbocycles. The number of carbonyl (C=O) groups is 1. The Morgan fingerprint density at radius 2 is 1.79 bits per heavy atom. The molecule has 0 saturated carbocycles. The normalized spacial score (nSPS) is 11.6. The summed E-state index contributed by atoms with van der Waals surface area (Å²) < 4.78 is 75.5. The Hall–Kier alpha value is -4.37. The summed E-state index contributed by atoms with van der Waals surface area (Å²) in [6.45, 7) is 0. The first-order chi connectivity index (χ1) is 18.3. The van der Waals surface area contributed by atoms with Crippen LogP contribution >= 0.6 is 11.3 Å². The largest absolute Gasteiger partial charge is 0.490 e. The number of sulfonamides is 1. The summed E-state index contributed by atoms with van der Waals surface area (Å²) in [5, 5.41) is 14.7. The van der Waals surface area contributed by atoms with Crippen LogP contribution in [0.3, 0.4) is 0 Å². The third-order valence-corrected chi connectivity index (χ3v) is 7.35. The minimum atomic E-state index is -5.08. The number of rotatable bonds is 5. The molecule has 0 fully saturated rings. The number of alkyl halides is 3. The second-order valence-electron chi connectivity index (χ2n) is 7.88. The van der Waals surface area contributed by atoms with E-state index in [4.69, 9.17) is 9.90 Å². The maximum atomic E-state index is 14.1. The summed E-state index contributed by atoms with van der Waals surface area (Å²) in [7, 11) is -2.00. The van der Waals surface area contributed by atoms with Crippen molar-refractivity contribution in [1.82, 2.24) is 19.7 Å². The highest BCUT2D eigenvalue weighted by Crippen LogP contribution is 2.36. The predicted molar refractivity (Wildman–Crippen MR) is 136 cm³/mol. The van der Waals surface area contributed by atoms with Crippen LogP contribution in [-0.4, -0.2) is 45.4 Å². The quantitative estimate of drug-likeness (QED) is 0.270. The molecular weight excluding hydrogens is 562 g/mol. The van der Waals surface area contributed by atoms with Gasteiger partial charge in [0, 0.05) is 47.5 Å². The van der Waals surface area contributed by atoms with Gasteiger partial charge in [-0.15, -0.1) is 11.3 Å². The van der Waals surface area contributed by atoms with Gasteiger partial charge in [0.05, 0.1) is 16.8 Å². The summed E-state index contributed by atoms with van der Waals surface area (Å²) in [5.41, 5.74) is 2.76. The number of benzene rings is 2. The van der Waals surface area contributed by atoms with Crippen molar-refractivity contribution in [3.63, 3.8) is 0 Å². The summed E-state index contributed by atoms with van der Waals surface area (Å²) in [4.78, 5) is 17.5. The van der Waals surface area contributed by atoms with Gasteiger partial charge < -0.3 is 5.11 Å². The first-order valence-corrected chi connectivity index (χ1v) is 13.1. The van der Waals surface area contributed by atoms with E-state index < -0.39 is 22.2 Å². The molecule has 0 spiro atoms. The fraction of sp³-hybridized carbons (Fsp3) is 0.0833. The molecule has 0 amide bonds. The maximum absolute atomic E-state index is 14.1.